The van der Waals surface area contributed by atoms with Gasteiger partial charge in [0.15, 0.2) is 6.10 Å². The Morgan fingerprint density at radius 1 is 1.41 bits per heavy atom. The maximum atomic E-state index is 11.6. The minimum Gasteiger partial charge on any atom is -0.475 e. The Kier molecular flexibility index (Phi) is 5.80. The molecule has 1 heterocycles. The predicted molar refractivity (Wildman–Crippen MR) is 55.2 cm³/mol. The van der Waals surface area contributed by atoms with Crippen LogP contribution in [0.3, 0.4) is 0 Å². The number of fused-ring (bicyclic) bond motifs is 1. The molecule has 0 amide bonds. The number of rotatable bonds is 2. The smallest absolute Gasteiger partial charge is 0.347 e. The van der Waals surface area contributed by atoms with E-state index in [2.05, 4.69) is 12.7 Å². The SMILES string of the molecule is C=[C-]C(=O)OC1CC2CCCCC2OC1=O.[Y]. The van der Waals surface area contributed by atoms with Gasteiger partial charge in [-0.15, -0.1) is 0 Å². The van der Waals surface area contributed by atoms with E-state index in [4.69, 9.17) is 9.47 Å². The Hall–Kier alpha value is -0.216. The van der Waals surface area contributed by atoms with Gasteiger partial charge in [-0.3, -0.25) is 11.4 Å². The van der Waals surface area contributed by atoms with Gasteiger partial charge in [-0.25, -0.2) is 4.79 Å². The summed E-state index contributed by atoms with van der Waals surface area (Å²) in [6.45, 7) is 3.18. The zero-order valence-corrected chi connectivity index (χ0v) is 12.5. The fourth-order valence-electron chi connectivity index (χ4n) is 2.46. The van der Waals surface area contributed by atoms with Crippen LogP contribution in [0, 0.1) is 12.0 Å². The van der Waals surface area contributed by atoms with E-state index >= 15 is 0 Å². The molecule has 0 N–H and O–H groups in total. The van der Waals surface area contributed by atoms with E-state index in [1.807, 2.05) is 0 Å². The molecule has 0 bridgehead atoms. The molecule has 17 heavy (non-hydrogen) atoms. The van der Waals surface area contributed by atoms with Crippen LogP contribution in [-0.2, 0) is 51.8 Å². The molecule has 2 fully saturated rings. The van der Waals surface area contributed by atoms with E-state index < -0.39 is 18.0 Å². The molecule has 1 radical (unpaired) electrons. The first kappa shape index (κ1) is 14.8. The van der Waals surface area contributed by atoms with Crippen molar-refractivity contribution < 1.29 is 51.8 Å². The second kappa shape index (κ2) is 6.65. The Bertz CT molecular complexity index is 316. The van der Waals surface area contributed by atoms with Crippen LogP contribution in [-0.4, -0.2) is 24.1 Å². The summed E-state index contributed by atoms with van der Waals surface area (Å²) in [5, 5.41) is 0. The molecule has 0 aromatic carbocycles. The molecule has 0 spiro atoms. The van der Waals surface area contributed by atoms with E-state index in [0.717, 1.165) is 25.7 Å². The van der Waals surface area contributed by atoms with Crippen LogP contribution in [0.1, 0.15) is 32.1 Å². The second-order valence-corrected chi connectivity index (χ2v) is 4.33. The first-order valence-corrected chi connectivity index (χ1v) is 5.65. The van der Waals surface area contributed by atoms with Crippen molar-refractivity contribution in [2.75, 3.05) is 0 Å². The Morgan fingerprint density at radius 3 is 2.82 bits per heavy atom. The van der Waals surface area contributed by atoms with Gasteiger partial charge in [-0.2, -0.15) is 0 Å². The average molecular weight is 312 g/mol. The van der Waals surface area contributed by atoms with Crippen LogP contribution in [0.15, 0.2) is 6.58 Å². The maximum absolute atomic E-state index is 11.6. The molecule has 1 saturated carbocycles. The monoisotopic (exact) mass is 312 g/mol. The molecule has 2 aliphatic rings. The van der Waals surface area contributed by atoms with E-state index in [1.54, 1.807) is 0 Å². The number of carbonyl (C=O) groups is 2. The van der Waals surface area contributed by atoms with E-state index in [-0.39, 0.29) is 38.8 Å². The molecule has 3 atom stereocenters. The first-order valence-electron chi connectivity index (χ1n) is 5.65. The Morgan fingerprint density at radius 2 is 2.12 bits per heavy atom. The summed E-state index contributed by atoms with van der Waals surface area (Å²) >= 11 is 0. The number of carbonyl (C=O) groups excluding carboxylic acids is 2. The van der Waals surface area contributed by atoms with Gasteiger partial charge in [0.1, 0.15) is 12.1 Å². The molecule has 0 aromatic heterocycles. The molecule has 1 aliphatic heterocycles. The summed E-state index contributed by atoms with van der Waals surface area (Å²) in [5.41, 5.74) is 0. The fourth-order valence-corrected chi connectivity index (χ4v) is 2.46. The van der Waals surface area contributed by atoms with Crippen molar-refractivity contribution in [3.05, 3.63) is 12.7 Å². The van der Waals surface area contributed by atoms with Gasteiger partial charge in [0, 0.05) is 45.0 Å². The van der Waals surface area contributed by atoms with Gasteiger partial charge in [-0.05, 0) is 19.3 Å². The summed E-state index contributed by atoms with van der Waals surface area (Å²) in [5.74, 6) is -0.767. The van der Waals surface area contributed by atoms with Crippen molar-refractivity contribution in [2.24, 2.45) is 5.92 Å². The fraction of sp³-hybridized carbons (Fsp3) is 0.667. The molecule has 91 valence electrons. The van der Waals surface area contributed by atoms with Gasteiger partial charge < -0.3 is 15.5 Å². The third-order valence-corrected chi connectivity index (χ3v) is 3.28. The molecule has 0 aromatic rings. The van der Waals surface area contributed by atoms with E-state index in [1.165, 1.54) is 0 Å². The second-order valence-electron chi connectivity index (χ2n) is 4.33. The number of hydrogen-bond acceptors (Lipinski definition) is 4. The van der Waals surface area contributed by atoms with Gasteiger partial charge in [0.2, 0.25) is 0 Å². The van der Waals surface area contributed by atoms with Crippen molar-refractivity contribution in [1.29, 1.82) is 0 Å². The molecule has 4 nitrogen and oxygen atoms in total. The summed E-state index contributed by atoms with van der Waals surface area (Å²) in [7, 11) is 0. The minimum absolute atomic E-state index is 0. The Balaban J connectivity index is 0.00000144. The van der Waals surface area contributed by atoms with Crippen molar-refractivity contribution >= 4 is 11.9 Å². The van der Waals surface area contributed by atoms with Crippen molar-refractivity contribution in [3.63, 3.8) is 0 Å². The quantitative estimate of drug-likeness (QED) is 0.439. The molecule has 5 heteroatoms. The molecule has 1 aliphatic carbocycles. The number of hydrogen-bond donors (Lipinski definition) is 0. The number of esters is 2. The predicted octanol–water partition coefficient (Wildman–Crippen LogP) is 1.39. The van der Waals surface area contributed by atoms with Crippen molar-refractivity contribution in [3.8, 4) is 0 Å². The van der Waals surface area contributed by atoms with Crippen LogP contribution in [0.2, 0.25) is 0 Å². The van der Waals surface area contributed by atoms with Gasteiger partial charge in [0.25, 0.3) is 0 Å². The van der Waals surface area contributed by atoms with Crippen LogP contribution >= 0.6 is 0 Å². The van der Waals surface area contributed by atoms with E-state index in [9.17, 15) is 9.59 Å². The molecular formula is C12H15O4Y-. The molecule has 1 saturated heterocycles. The van der Waals surface area contributed by atoms with E-state index in [0.29, 0.717) is 12.3 Å². The average Bonchev–Trinajstić information content (AvgIpc) is 2.30. The molecule has 2 rings (SSSR count). The van der Waals surface area contributed by atoms with Crippen LogP contribution in [0.5, 0.6) is 0 Å². The van der Waals surface area contributed by atoms with Crippen LogP contribution in [0.4, 0.5) is 0 Å². The van der Waals surface area contributed by atoms with Gasteiger partial charge >= 0.3 is 5.97 Å². The summed E-state index contributed by atoms with van der Waals surface area (Å²) in [6, 6.07) is 0. The zero-order chi connectivity index (χ0) is 11.5. The normalized spacial score (nSPS) is 31.5. The summed E-state index contributed by atoms with van der Waals surface area (Å²) in [4.78, 5) is 22.5. The third kappa shape index (κ3) is 3.62. The van der Waals surface area contributed by atoms with Crippen LogP contribution < -0.4 is 0 Å². The van der Waals surface area contributed by atoms with Gasteiger partial charge in [-0.1, -0.05) is 6.42 Å². The first-order chi connectivity index (χ1) is 7.70. The number of ether oxygens (including phenoxy) is 2. The summed E-state index contributed by atoms with van der Waals surface area (Å²) in [6.07, 6.45) is 6.19. The van der Waals surface area contributed by atoms with Crippen LogP contribution in [0.25, 0.3) is 0 Å². The van der Waals surface area contributed by atoms with Crippen molar-refractivity contribution in [1.82, 2.24) is 0 Å². The molecular weight excluding hydrogens is 297 g/mol. The standard InChI is InChI=1S/C12H15O4.Y/c1-2-11(13)15-10-7-8-5-3-4-6-9(8)16-12(10)14;/h8-10H,1,3-7H2;/q-1;. The van der Waals surface area contributed by atoms with Crippen molar-refractivity contribution in [2.45, 2.75) is 44.3 Å². The minimum atomic E-state index is -0.763. The largest absolute Gasteiger partial charge is 0.475 e. The topological polar surface area (TPSA) is 52.6 Å². The third-order valence-electron chi connectivity index (χ3n) is 3.28. The van der Waals surface area contributed by atoms with Gasteiger partial charge in [0.05, 0.1) is 0 Å². The zero-order valence-electron chi connectivity index (χ0n) is 9.69. The Labute approximate surface area is 126 Å². The summed E-state index contributed by atoms with van der Waals surface area (Å²) < 4.78 is 10.2. The maximum Gasteiger partial charge on any atom is 0.347 e. The molecule has 3 unspecified atom stereocenters.